The predicted molar refractivity (Wildman–Crippen MR) is 89.7 cm³/mol. The van der Waals surface area contributed by atoms with Gasteiger partial charge in [-0.1, -0.05) is 0 Å². The van der Waals surface area contributed by atoms with Crippen molar-refractivity contribution in [3.8, 4) is 5.75 Å². The number of anilines is 1. The molecule has 0 bridgehead atoms. The Hall–Kier alpha value is -2.24. The topological polar surface area (TPSA) is 70.7 Å². The number of rotatable bonds is 6. The van der Waals surface area contributed by atoms with Crippen LogP contribution in [-0.2, 0) is 4.79 Å². The highest BCUT2D eigenvalue weighted by molar-refractivity contribution is 5.89. The van der Waals surface area contributed by atoms with Crippen molar-refractivity contribution in [2.75, 3.05) is 26.0 Å². The molecule has 0 aliphatic heterocycles. The van der Waals surface area contributed by atoms with E-state index in [1.807, 2.05) is 24.3 Å². The summed E-state index contributed by atoms with van der Waals surface area (Å²) < 4.78 is 5.88. The molecule has 23 heavy (non-hydrogen) atoms. The van der Waals surface area contributed by atoms with Crippen LogP contribution in [0.4, 0.5) is 10.5 Å². The fourth-order valence-electron chi connectivity index (χ4n) is 2.50. The van der Waals surface area contributed by atoms with Crippen molar-refractivity contribution in [1.82, 2.24) is 10.2 Å². The van der Waals surface area contributed by atoms with E-state index >= 15 is 0 Å². The maximum atomic E-state index is 11.7. The van der Waals surface area contributed by atoms with Crippen molar-refractivity contribution in [3.63, 3.8) is 0 Å². The number of ether oxygens (including phenoxy) is 1. The van der Waals surface area contributed by atoms with Crippen LogP contribution in [0.5, 0.6) is 5.75 Å². The van der Waals surface area contributed by atoms with E-state index in [0.29, 0.717) is 18.3 Å². The number of hydrogen-bond donors (Lipinski definition) is 2. The Morgan fingerprint density at radius 2 is 1.83 bits per heavy atom. The van der Waals surface area contributed by atoms with Gasteiger partial charge in [0.15, 0.2) is 0 Å². The van der Waals surface area contributed by atoms with Crippen LogP contribution in [-0.4, -0.2) is 43.6 Å². The Labute approximate surface area is 137 Å². The summed E-state index contributed by atoms with van der Waals surface area (Å²) in [5.74, 6) is 0.818. The lowest BCUT2D eigenvalue weighted by molar-refractivity contribution is -0.128. The van der Waals surface area contributed by atoms with Gasteiger partial charge in [-0.3, -0.25) is 4.79 Å². The SMILES string of the molecule is CN(C)C(=O)CCNC(=O)Nc1ccc(OC2CCCC2)cc1. The van der Waals surface area contributed by atoms with Gasteiger partial charge in [0.2, 0.25) is 5.91 Å². The van der Waals surface area contributed by atoms with E-state index in [4.69, 9.17) is 4.74 Å². The van der Waals surface area contributed by atoms with E-state index in [-0.39, 0.29) is 18.4 Å². The van der Waals surface area contributed by atoms with E-state index in [1.165, 1.54) is 17.7 Å². The minimum Gasteiger partial charge on any atom is -0.490 e. The van der Waals surface area contributed by atoms with Crippen molar-refractivity contribution < 1.29 is 14.3 Å². The first-order valence-corrected chi connectivity index (χ1v) is 8.06. The normalized spacial score (nSPS) is 14.3. The van der Waals surface area contributed by atoms with Gasteiger partial charge in [0, 0.05) is 32.7 Å². The van der Waals surface area contributed by atoms with Crippen LogP contribution in [0.15, 0.2) is 24.3 Å². The van der Waals surface area contributed by atoms with Gasteiger partial charge >= 0.3 is 6.03 Å². The Kier molecular flexibility index (Phi) is 6.26. The molecule has 0 spiro atoms. The fraction of sp³-hybridized carbons (Fsp3) is 0.529. The number of carbonyl (C=O) groups excluding carboxylic acids is 2. The maximum Gasteiger partial charge on any atom is 0.319 e. The molecule has 1 aliphatic rings. The summed E-state index contributed by atoms with van der Waals surface area (Å²) in [5.41, 5.74) is 0.695. The van der Waals surface area contributed by atoms with Gasteiger partial charge in [-0.2, -0.15) is 0 Å². The van der Waals surface area contributed by atoms with Gasteiger partial charge in [0.25, 0.3) is 0 Å². The lowest BCUT2D eigenvalue weighted by Gasteiger charge is -2.14. The average molecular weight is 319 g/mol. The second kappa shape index (κ2) is 8.41. The molecule has 0 radical (unpaired) electrons. The lowest BCUT2D eigenvalue weighted by atomic mass is 10.3. The molecule has 6 heteroatoms. The minimum absolute atomic E-state index is 0.0151. The molecule has 1 aromatic rings. The smallest absolute Gasteiger partial charge is 0.319 e. The van der Waals surface area contributed by atoms with Gasteiger partial charge in [-0.15, -0.1) is 0 Å². The largest absolute Gasteiger partial charge is 0.490 e. The first kappa shape index (κ1) is 17.1. The lowest BCUT2D eigenvalue weighted by Crippen LogP contribution is -2.33. The van der Waals surface area contributed by atoms with Crippen LogP contribution in [0.25, 0.3) is 0 Å². The van der Waals surface area contributed by atoms with E-state index in [9.17, 15) is 9.59 Å². The summed E-state index contributed by atoms with van der Waals surface area (Å²) in [5, 5.41) is 5.40. The molecule has 2 rings (SSSR count). The minimum atomic E-state index is -0.319. The number of benzene rings is 1. The number of carbonyl (C=O) groups is 2. The first-order chi connectivity index (χ1) is 11.0. The maximum absolute atomic E-state index is 11.7. The van der Waals surface area contributed by atoms with Crippen molar-refractivity contribution >= 4 is 17.6 Å². The van der Waals surface area contributed by atoms with Crippen molar-refractivity contribution in [2.45, 2.75) is 38.2 Å². The predicted octanol–water partition coefficient (Wildman–Crippen LogP) is 2.61. The van der Waals surface area contributed by atoms with Crippen molar-refractivity contribution in [1.29, 1.82) is 0 Å². The molecule has 3 amide bonds. The van der Waals surface area contributed by atoms with E-state index in [2.05, 4.69) is 10.6 Å². The van der Waals surface area contributed by atoms with E-state index in [1.54, 1.807) is 14.1 Å². The summed E-state index contributed by atoms with van der Waals surface area (Å²) in [6.07, 6.45) is 5.32. The van der Waals surface area contributed by atoms with Crippen LogP contribution in [0, 0.1) is 0 Å². The quantitative estimate of drug-likeness (QED) is 0.846. The van der Waals surface area contributed by atoms with Crippen molar-refractivity contribution in [2.24, 2.45) is 0 Å². The van der Waals surface area contributed by atoms with E-state index < -0.39 is 0 Å². The number of urea groups is 1. The monoisotopic (exact) mass is 319 g/mol. The molecule has 1 aliphatic carbocycles. The molecule has 0 atom stereocenters. The summed E-state index contributed by atoms with van der Waals surface area (Å²) >= 11 is 0. The highest BCUT2D eigenvalue weighted by atomic mass is 16.5. The first-order valence-electron chi connectivity index (χ1n) is 8.06. The van der Waals surface area contributed by atoms with Gasteiger partial charge in [0.1, 0.15) is 5.75 Å². The second-order valence-corrected chi connectivity index (χ2v) is 5.97. The molecule has 0 heterocycles. The number of nitrogens with one attached hydrogen (secondary N) is 2. The molecule has 0 aromatic heterocycles. The summed E-state index contributed by atoms with van der Waals surface area (Å²) in [6.45, 7) is 0.311. The van der Waals surface area contributed by atoms with Crippen LogP contribution >= 0.6 is 0 Å². The Balaban J connectivity index is 1.72. The van der Waals surface area contributed by atoms with Gasteiger partial charge in [-0.05, 0) is 49.9 Å². The number of nitrogens with zero attached hydrogens (tertiary/aromatic N) is 1. The molecule has 0 saturated heterocycles. The fourth-order valence-corrected chi connectivity index (χ4v) is 2.50. The Bertz CT molecular complexity index is 522. The van der Waals surface area contributed by atoms with Crippen LogP contribution in [0.3, 0.4) is 0 Å². The Morgan fingerprint density at radius 3 is 2.43 bits per heavy atom. The Morgan fingerprint density at radius 1 is 1.17 bits per heavy atom. The molecule has 126 valence electrons. The average Bonchev–Trinajstić information content (AvgIpc) is 3.02. The number of amides is 3. The van der Waals surface area contributed by atoms with Crippen LogP contribution < -0.4 is 15.4 Å². The summed E-state index contributed by atoms with van der Waals surface area (Å²) in [4.78, 5) is 24.7. The molecule has 0 unspecified atom stereocenters. The molecular formula is C17H25N3O3. The van der Waals surface area contributed by atoms with Gasteiger partial charge in [-0.25, -0.2) is 4.79 Å². The third-order valence-corrected chi connectivity index (χ3v) is 3.84. The molecule has 1 aromatic carbocycles. The van der Waals surface area contributed by atoms with Crippen molar-refractivity contribution in [3.05, 3.63) is 24.3 Å². The summed E-state index contributed by atoms with van der Waals surface area (Å²) in [6, 6.07) is 7.04. The van der Waals surface area contributed by atoms with Crippen LogP contribution in [0.2, 0.25) is 0 Å². The zero-order chi connectivity index (χ0) is 16.7. The third kappa shape index (κ3) is 5.81. The standard InChI is InChI=1S/C17H25N3O3/c1-20(2)16(21)11-12-18-17(22)19-13-7-9-15(10-8-13)23-14-5-3-4-6-14/h7-10,14H,3-6,11-12H2,1-2H3,(H2,18,19,22). The van der Waals surface area contributed by atoms with Gasteiger partial charge < -0.3 is 20.3 Å². The molecule has 1 fully saturated rings. The molecule has 6 nitrogen and oxygen atoms in total. The zero-order valence-corrected chi connectivity index (χ0v) is 13.8. The van der Waals surface area contributed by atoms with Gasteiger partial charge in [0.05, 0.1) is 6.10 Å². The highest BCUT2D eigenvalue weighted by Crippen LogP contribution is 2.24. The second-order valence-electron chi connectivity index (χ2n) is 5.97. The zero-order valence-electron chi connectivity index (χ0n) is 13.8. The number of hydrogen-bond acceptors (Lipinski definition) is 3. The molecule has 2 N–H and O–H groups in total. The van der Waals surface area contributed by atoms with E-state index in [0.717, 1.165) is 18.6 Å². The molecule has 1 saturated carbocycles. The summed E-state index contributed by atoms with van der Waals surface area (Å²) in [7, 11) is 3.38. The van der Waals surface area contributed by atoms with Crippen LogP contribution in [0.1, 0.15) is 32.1 Å². The molecular weight excluding hydrogens is 294 g/mol. The highest BCUT2D eigenvalue weighted by Gasteiger charge is 2.16. The third-order valence-electron chi connectivity index (χ3n) is 3.84.